The highest BCUT2D eigenvalue weighted by Gasteiger charge is 2.15. The Balaban J connectivity index is 3.18. The van der Waals surface area contributed by atoms with E-state index in [0.29, 0.717) is 5.56 Å². The lowest BCUT2D eigenvalue weighted by Crippen LogP contribution is -2.11. The van der Waals surface area contributed by atoms with Crippen molar-refractivity contribution >= 4 is 0 Å². The van der Waals surface area contributed by atoms with Crippen LogP contribution in [-0.2, 0) is 5.41 Å². The van der Waals surface area contributed by atoms with Crippen LogP contribution in [0.25, 0.3) is 0 Å². The van der Waals surface area contributed by atoms with Gasteiger partial charge in [-0.15, -0.1) is 0 Å². The molecule has 0 atom stereocenters. The summed E-state index contributed by atoms with van der Waals surface area (Å²) in [6.45, 7) is 5.71. The quantitative estimate of drug-likeness (QED) is 0.560. The van der Waals surface area contributed by atoms with Crippen molar-refractivity contribution in [2.75, 3.05) is 0 Å². The van der Waals surface area contributed by atoms with E-state index in [1.807, 2.05) is 26.8 Å². The van der Waals surface area contributed by atoms with Crippen LogP contribution >= 0.6 is 0 Å². The van der Waals surface area contributed by atoms with Crippen LogP contribution in [0.1, 0.15) is 26.3 Å². The summed E-state index contributed by atoms with van der Waals surface area (Å²) in [5.41, 5.74) is 0.424. The lowest BCUT2D eigenvalue weighted by Gasteiger charge is -2.18. The maximum atomic E-state index is 12.7. The van der Waals surface area contributed by atoms with Gasteiger partial charge in [0.15, 0.2) is 0 Å². The first-order valence-corrected chi connectivity index (χ1v) is 3.78. The Morgan fingerprint density at radius 3 is 1.83 bits per heavy atom. The van der Waals surface area contributed by atoms with E-state index in [1.165, 1.54) is 12.1 Å². The third kappa shape index (κ3) is 2.03. The predicted molar refractivity (Wildman–Crippen MR) is 43.9 cm³/mol. The Bertz CT molecular complexity index is 264. The lowest BCUT2D eigenvalue weighted by atomic mass is 9.87. The van der Waals surface area contributed by atoms with Crippen molar-refractivity contribution in [3.63, 3.8) is 0 Å². The van der Waals surface area contributed by atoms with Crippen LogP contribution in [0.15, 0.2) is 12.1 Å². The number of hydrogen-bond acceptors (Lipinski definition) is 0. The normalized spacial score (nSPS) is 11.8. The summed E-state index contributed by atoms with van der Waals surface area (Å²) in [5, 5.41) is 0. The Morgan fingerprint density at radius 1 is 1.08 bits per heavy atom. The largest absolute Gasteiger partial charge is 0.206 e. The number of hydrogen-bond donors (Lipinski definition) is 0. The van der Waals surface area contributed by atoms with E-state index >= 15 is 0 Å². The van der Waals surface area contributed by atoms with Crippen LogP contribution in [-0.4, -0.2) is 0 Å². The molecule has 1 radical (unpaired) electrons. The molecule has 2 heteroatoms. The van der Waals surface area contributed by atoms with E-state index in [-0.39, 0.29) is 5.41 Å². The molecule has 1 aromatic rings. The summed E-state index contributed by atoms with van der Waals surface area (Å²) >= 11 is 0. The van der Waals surface area contributed by atoms with Gasteiger partial charge in [0.05, 0.1) is 6.07 Å². The van der Waals surface area contributed by atoms with E-state index in [4.69, 9.17) is 0 Å². The second-order valence-corrected chi connectivity index (χ2v) is 3.81. The van der Waals surface area contributed by atoms with Gasteiger partial charge in [-0.05, 0) is 23.1 Å². The van der Waals surface area contributed by atoms with Crippen molar-refractivity contribution in [2.24, 2.45) is 0 Å². The fraction of sp³-hybridized carbons (Fsp3) is 0.400. The van der Waals surface area contributed by atoms with Gasteiger partial charge >= 0.3 is 0 Å². The van der Waals surface area contributed by atoms with Gasteiger partial charge < -0.3 is 0 Å². The second kappa shape index (κ2) is 2.85. The van der Waals surface area contributed by atoms with Crippen molar-refractivity contribution in [1.29, 1.82) is 0 Å². The minimum atomic E-state index is -0.639. The van der Waals surface area contributed by atoms with Crippen LogP contribution in [0, 0.1) is 17.7 Å². The molecular weight excluding hydrogens is 158 g/mol. The molecule has 0 aliphatic rings. The molecule has 0 aliphatic heterocycles. The average molecular weight is 169 g/mol. The van der Waals surface area contributed by atoms with E-state index in [0.717, 1.165) is 0 Å². The van der Waals surface area contributed by atoms with Gasteiger partial charge in [-0.3, -0.25) is 0 Å². The molecule has 0 aromatic heterocycles. The molecule has 12 heavy (non-hydrogen) atoms. The fourth-order valence-corrected chi connectivity index (χ4v) is 0.934. The smallest absolute Gasteiger partial charge is 0.134 e. The maximum absolute atomic E-state index is 12.7. The van der Waals surface area contributed by atoms with Crippen LogP contribution < -0.4 is 0 Å². The van der Waals surface area contributed by atoms with Gasteiger partial charge in [-0.2, -0.15) is 0 Å². The van der Waals surface area contributed by atoms with Crippen LogP contribution in [0.2, 0.25) is 0 Å². The van der Waals surface area contributed by atoms with E-state index in [2.05, 4.69) is 0 Å². The highest BCUT2D eigenvalue weighted by Crippen LogP contribution is 2.23. The SMILES string of the molecule is CC(C)(C)c1cc(F)[c]c(F)c1. The summed E-state index contributed by atoms with van der Waals surface area (Å²) in [7, 11) is 0. The molecule has 1 aromatic carbocycles. The van der Waals surface area contributed by atoms with E-state index in [1.54, 1.807) is 0 Å². The summed E-state index contributed by atoms with van der Waals surface area (Å²) in [6, 6.07) is 4.57. The van der Waals surface area contributed by atoms with Crippen molar-refractivity contribution in [3.05, 3.63) is 35.4 Å². The topological polar surface area (TPSA) is 0 Å². The highest BCUT2D eigenvalue weighted by molar-refractivity contribution is 5.23. The zero-order chi connectivity index (χ0) is 9.35. The molecular formula is C10H11F2. The van der Waals surface area contributed by atoms with Crippen LogP contribution in [0.5, 0.6) is 0 Å². The maximum Gasteiger partial charge on any atom is 0.134 e. The number of halogens is 2. The molecule has 0 aliphatic carbocycles. The molecule has 0 saturated heterocycles. The van der Waals surface area contributed by atoms with Crippen LogP contribution in [0.4, 0.5) is 8.78 Å². The molecule has 0 bridgehead atoms. The Morgan fingerprint density at radius 2 is 1.50 bits per heavy atom. The van der Waals surface area contributed by atoms with Crippen molar-refractivity contribution < 1.29 is 8.78 Å². The summed E-state index contributed by atoms with van der Waals surface area (Å²) in [5.74, 6) is -1.28. The molecule has 1 rings (SSSR count). The minimum absolute atomic E-state index is 0.225. The first kappa shape index (κ1) is 9.17. The Hall–Kier alpha value is -0.920. The van der Waals surface area contributed by atoms with E-state index in [9.17, 15) is 8.78 Å². The third-order valence-electron chi connectivity index (χ3n) is 1.67. The zero-order valence-corrected chi connectivity index (χ0v) is 7.41. The monoisotopic (exact) mass is 169 g/mol. The van der Waals surface area contributed by atoms with Gasteiger partial charge in [0.2, 0.25) is 0 Å². The number of benzene rings is 1. The standard InChI is InChI=1S/C10H11F2/c1-10(2,3)7-4-8(11)6-9(12)5-7/h4-5H,1-3H3. The summed E-state index contributed by atoms with van der Waals surface area (Å²) in [4.78, 5) is 0. The molecule has 65 valence electrons. The van der Waals surface area contributed by atoms with Gasteiger partial charge in [0, 0.05) is 0 Å². The molecule has 0 fully saturated rings. The average Bonchev–Trinajstić information content (AvgIpc) is 1.82. The molecule has 0 heterocycles. The first-order valence-electron chi connectivity index (χ1n) is 3.78. The van der Waals surface area contributed by atoms with Crippen LogP contribution in [0.3, 0.4) is 0 Å². The second-order valence-electron chi connectivity index (χ2n) is 3.81. The third-order valence-corrected chi connectivity index (χ3v) is 1.67. The van der Waals surface area contributed by atoms with Gasteiger partial charge in [-0.25, -0.2) is 8.78 Å². The number of rotatable bonds is 0. The summed E-state index contributed by atoms with van der Waals surface area (Å²) in [6.07, 6.45) is 0. The first-order chi connectivity index (χ1) is 5.39. The fourth-order valence-electron chi connectivity index (χ4n) is 0.934. The predicted octanol–water partition coefficient (Wildman–Crippen LogP) is 3.06. The molecule has 0 unspecified atom stereocenters. The van der Waals surface area contributed by atoms with Crippen molar-refractivity contribution in [2.45, 2.75) is 26.2 Å². The van der Waals surface area contributed by atoms with Gasteiger partial charge in [0.25, 0.3) is 0 Å². The van der Waals surface area contributed by atoms with Gasteiger partial charge in [-0.1, -0.05) is 20.8 Å². The Kier molecular flexibility index (Phi) is 2.18. The molecule has 0 spiro atoms. The van der Waals surface area contributed by atoms with Crippen molar-refractivity contribution in [1.82, 2.24) is 0 Å². The minimum Gasteiger partial charge on any atom is -0.206 e. The molecule has 0 nitrogen and oxygen atoms in total. The molecule has 0 amide bonds. The van der Waals surface area contributed by atoms with E-state index < -0.39 is 11.6 Å². The zero-order valence-electron chi connectivity index (χ0n) is 7.41. The van der Waals surface area contributed by atoms with Gasteiger partial charge in [0.1, 0.15) is 11.6 Å². The van der Waals surface area contributed by atoms with Crippen molar-refractivity contribution in [3.8, 4) is 0 Å². The summed E-state index contributed by atoms with van der Waals surface area (Å²) < 4.78 is 25.3. The molecule has 0 N–H and O–H groups in total. The highest BCUT2D eigenvalue weighted by atomic mass is 19.1. The molecule has 0 saturated carbocycles. The Labute approximate surface area is 71.2 Å². The lowest BCUT2D eigenvalue weighted by molar-refractivity contribution is 0.542.